The number of nitrogens with two attached hydrogens (primary N) is 1. The van der Waals surface area contributed by atoms with Crippen LogP contribution in [0.2, 0.25) is 0 Å². The number of carbonyl (C=O) groups excluding carboxylic acids is 1. The van der Waals surface area contributed by atoms with Crippen molar-refractivity contribution in [2.45, 2.75) is 32.2 Å². The van der Waals surface area contributed by atoms with E-state index in [1.807, 2.05) is 11.8 Å². The summed E-state index contributed by atoms with van der Waals surface area (Å²) in [4.78, 5) is 13.8. The third-order valence-corrected chi connectivity index (χ3v) is 3.12. The van der Waals surface area contributed by atoms with Crippen LogP contribution in [0.1, 0.15) is 26.2 Å². The summed E-state index contributed by atoms with van der Waals surface area (Å²) >= 11 is 0. The molecule has 2 rings (SSSR count). The van der Waals surface area contributed by atoms with Crippen molar-refractivity contribution in [1.29, 1.82) is 0 Å². The third-order valence-electron chi connectivity index (χ3n) is 3.12. The normalized spacial score (nSPS) is 36.2. The Balaban J connectivity index is 2.09. The SMILES string of the molecule is C[C@]1(CN)CCN(C2CC2)C1=O. The summed E-state index contributed by atoms with van der Waals surface area (Å²) in [6, 6.07) is 0.561. The summed E-state index contributed by atoms with van der Waals surface area (Å²) in [6.07, 6.45) is 3.34. The van der Waals surface area contributed by atoms with Gasteiger partial charge in [0, 0.05) is 19.1 Å². The van der Waals surface area contributed by atoms with Gasteiger partial charge in [-0.25, -0.2) is 0 Å². The molecule has 0 bridgehead atoms. The maximum Gasteiger partial charge on any atom is 0.230 e. The number of amides is 1. The standard InChI is InChI=1S/C9H16N2O/c1-9(6-10)4-5-11(8(9)12)7-2-3-7/h7H,2-6,10H2,1H3/t9-/m1/s1. The lowest BCUT2D eigenvalue weighted by Crippen LogP contribution is -2.38. The Kier molecular flexibility index (Phi) is 1.65. The topological polar surface area (TPSA) is 46.3 Å². The quantitative estimate of drug-likeness (QED) is 0.646. The molecule has 3 nitrogen and oxygen atoms in total. The molecule has 3 heteroatoms. The number of hydrogen-bond acceptors (Lipinski definition) is 2. The molecule has 2 aliphatic rings. The van der Waals surface area contributed by atoms with Gasteiger partial charge < -0.3 is 10.6 Å². The van der Waals surface area contributed by atoms with Crippen molar-refractivity contribution in [2.75, 3.05) is 13.1 Å². The first-order chi connectivity index (χ1) is 5.67. The minimum absolute atomic E-state index is 0.247. The van der Waals surface area contributed by atoms with Crippen molar-refractivity contribution in [3.05, 3.63) is 0 Å². The average molecular weight is 168 g/mol. The van der Waals surface area contributed by atoms with Gasteiger partial charge in [-0.2, -0.15) is 0 Å². The van der Waals surface area contributed by atoms with Crippen LogP contribution >= 0.6 is 0 Å². The summed E-state index contributed by atoms with van der Waals surface area (Å²) in [5.74, 6) is 0.285. The summed E-state index contributed by atoms with van der Waals surface area (Å²) in [7, 11) is 0. The van der Waals surface area contributed by atoms with Gasteiger partial charge in [0.2, 0.25) is 5.91 Å². The van der Waals surface area contributed by atoms with E-state index >= 15 is 0 Å². The highest BCUT2D eigenvalue weighted by molar-refractivity contribution is 5.85. The Hall–Kier alpha value is -0.570. The molecule has 2 N–H and O–H groups in total. The lowest BCUT2D eigenvalue weighted by atomic mass is 9.89. The van der Waals surface area contributed by atoms with E-state index in [0.29, 0.717) is 12.6 Å². The molecule has 1 aliphatic carbocycles. The number of nitrogens with zero attached hydrogens (tertiary/aromatic N) is 1. The number of hydrogen-bond donors (Lipinski definition) is 1. The van der Waals surface area contributed by atoms with Crippen molar-refractivity contribution in [2.24, 2.45) is 11.1 Å². The van der Waals surface area contributed by atoms with Gasteiger partial charge in [0.25, 0.3) is 0 Å². The Morgan fingerprint density at radius 2 is 2.33 bits per heavy atom. The van der Waals surface area contributed by atoms with E-state index in [0.717, 1.165) is 13.0 Å². The molecular weight excluding hydrogens is 152 g/mol. The summed E-state index contributed by atoms with van der Waals surface area (Å²) < 4.78 is 0. The molecular formula is C9H16N2O. The summed E-state index contributed by atoms with van der Waals surface area (Å²) in [5, 5.41) is 0. The molecule has 0 spiro atoms. The first-order valence-corrected chi connectivity index (χ1v) is 4.68. The summed E-state index contributed by atoms with van der Waals surface area (Å²) in [5.41, 5.74) is 5.35. The predicted octanol–water partition coefficient (Wildman–Crippen LogP) is 0.346. The molecule has 1 saturated heterocycles. The summed E-state index contributed by atoms with van der Waals surface area (Å²) in [6.45, 7) is 3.41. The van der Waals surface area contributed by atoms with Crippen LogP contribution in [0.3, 0.4) is 0 Å². The van der Waals surface area contributed by atoms with Crippen LogP contribution in [0.15, 0.2) is 0 Å². The van der Waals surface area contributed by atoms with E-state index in [4.69, 9.17) is 5.73 Å². The van der Waals surface area contributed by atoms with Gasteiger partial charge in [-0.05, 0) is 26.2 Å². The van der Waals surface area contributed by atoms with Crippen molar-refractivity contribution < 1.29 is 4.79 Å². The van der Waals surface area contributed by atoms with E-state index < -0.39 is 0 Å². The maximum absolute atomic E-state index is 11.8. The lowest BCUT2D eigenvalue weighted by Gasteiger charge is -2.21. The van der Waals surface area contributed by atoms with Crippen molar-refractivity contribution in [3.63, 3.8) is 0 Å². The monoisotopic (exact) mass is 168 g/mol. The molecule has 68 valence electrons. The van der Waals surface area contributed by atoms with E-state index in [1.54, 1.807) is 0 Å². The molecule has 0 unspecified atom stereocenters. The number of carbonyl (C=O) groups is 1. The molecule has 0 aromatic rings. The minimum Gasteiger partial charge on any atom is -0.339 e. The molecule has 12 heavy (non-hydrogen) atoms. The minimum atomic E-state index is -0.247. The van der Waals surface area contributed by atoms with Crippen molar-refractivity contribution in [3.8, 4) is 0 Å². The number of rotatable bonds is 2. The van der Waals surface area contributed by atoms with E-state index in [1.165, 1.54) is 12.8 Å². The Labute approximate surface area is 72.9 Å². The zero-order valence-corrected chi connectivity index (χ0v) is 7.55. The second-order valence-electron chi connectivity index (χ2n) is 4.24. The maximum atomic E-state index is 11.8. The third kappa shape index (κ3) is 1.04. The molecule has 0 aromatic heterocycles. The van der Waals surface area contributed by atoms with Crippen LogP contribution < -0.4 is 5.73 Å². The molecule has 1 heterocycles. The lowest BCUT2D eigenvalue weighted by molar-refractivity contribution is -0.135. The van der Waals surface area contributed by atoms with E-state index in [9.17, 15) is 4.79 Å². The van der Waals surface area contributed by atoms with Crippen LogP contribution in [0.5, 0.6) is 0 Å². The van der Waals surface area contributed by atoms with Crippen LogP contribution in [0.25, 0.3) is 0 Å². The van der Waals surface area contributed by atoms with Crippen LogP contribution in [-0.2, 0) is 4.79 Å². The second kappa shape index (κ2) is 2.46. The zero-order chi connectivity index (χ0) is 8.77. The van der Waals surface area contributed by atoms with Crippen molar-refractivity contribution in [1.82, 2.24) is 4.90 Å². The van der Waals surface area contributed by atoms with Gasteiger partial charge in [-0.1, -0.05) is 0 Å². The van der Waals surface area contributed by atoms with Crippen LogP contribution in [0.4, 0.5) is 0 Å². The molecule has 1 amide bonds. The zero-order valence-electron chi connectivity index (χ0n) is 7.55. The van der Waals surface area contributed by atoms with Gasteiger partial charge in [-0.3, -0.25) is 4.79 Å². The Bertz CT molecular complexity index is 213. The van der Waals surface area contributed by atoms with Crippen molar-refractivity contribution >= 4 is 5.91 Å². The smallest absolute Gasteiger partial charge is 0.230 e. The van der Waals surface area contributed by atoms with Gasteiger partial charge >= 0.3 is 0 Å². The van der Waals surface area contributed by atoms with Gasteiger partial charge in [0.15, 0.2) is 0 Å². The van der Waals surface area contributed by atoms with E-state index in [-0.39, 0.29) is 11.3 Å². The van der Waals surface area contributed by atoms with Crippen LogP contribution in [0, 0.1) is 5.41 Å². The first-order valence-electron chi connectivity index (χ1n) is 4.68. The Morgan fingerprint density at radius 1 is 1.67 bits per heavy atom. The highest BCUT2D eigenvalue weighted by atomic mass is 16.2. The van der Waals surface area contributed by atoms with Crippen LogP contribution in [-0.4, -0.2) is 29.9 Å². The highest BCUT2D eigenvalue weighted by Crippen LogP contribution is 2.37. The number of likely N-dealkylation sites (tertiary alicyclic amines) is 1. The van der Waals surface area contributed by atoms with Gasteiger partial charge in [0.1, 0.15) is 0 Å². The average Bonchev–Trinajstić information content (AvgIpc) is 2.84. The predicted molar refractivity (Wildman–Crippen MR) is 46.5 cm³/mol. The van der Waals surface area contributed by atoms with Gasteiger partial charge in [0.05, 0.1) is 5.41 Å². The molecule has 1 saturated carbocycles. The second-order valence-corrected chi connectivity index (χ2v) is 4.24. The molecule has 1 aliphatic heterocycles. The Morgan fingerprint density at radius 3 is 2.75 bits per heavy atom. The van der Waals surface area contributed by atoms with E-state index in [2.05, 4.69) is 0 Å². The fraction of sp³-hybridized carbons (Fsp3) is 0.889. The molecule has 0 radical (unpaired) electrons. The molecule has 1 atom stereocenters. The largest absolute Gasteiger partial charge is 0.339 e. The highest BCUT2D eigenvalue weighted by Gasteiger charge is 2.46. The first kappa shape index (κ1) is 8.05. The van der Waals surface area contributed by atoms with Gasteiger partial charge in [-0.15, -0.1) is 0 Å². The molecule has 2 fully saturated rings. The fourth-order valence-corrected chi connectivity index (χ4v) is 1.85. The molecule has 0 aromatic carbocycles. The fourth-order valence-electron chi connectivity index (χ4n) is 1.85.